The number of benzene rings is 1. The molecular formula is C9H9I2NO. The molecule has 1 aromatic rings. The second-order valence-electron chi connectivity index (χ2n) is 2.17. The Balaban J connectivity index is 0.000000671. The summed E-state index contributed by atoms with van der Waals surface area (Å²) >= 11 is 4.24. The first-order chi connectivity index (χ1) is 6.36. The zero-order valence-corrected chi connectivity index (χ0v) is 11.4. The lowest BCUT2D eigenvalue weighted by atomic mass is 10.2. The van der Waals surface area contributed by atoms with E-state index in [1.54, 1.807) is 7.11 Å². The van der Waals surface area contributed by atoms with Crippen LogP contribution in [0.3, 0.4) is 0 Å². The number of rotatable bonds is 2. The molecule has 0 saturated heterocycles. The average Bonchev–Trinajstić information content (AvgIpc) is 2.22. The Kier molecular flexibility index (Phi) is 8.54. The molecule has 4 heteroatoms. The molecule has 0 bridgehead atoms. The molecule has 0 atom stereocenters. The van der Waals surface area contributed by atoms with Gasteiger partial charge in [0.2, 0.25) is 6.54 Å². The van der Waals surface area contributed by atoms with Gasteiger partial charge < -0.3 is 9.58 Å². The number of halogens is 2. The van der Waals surface area contributed by atoms with Gasteiger partial charge in [-0.2, -0.15) is 0 Å². The minimum Gasteiger partial charge on any atom is -0.497 e. The molecule has 0 unspecified atom stereocenters. The van der Waals surface area contributed by atoms with Crippen molar-refractivity contribution < 1.29 is 4.74 Å². The van der Waals surface area contributed by atoms with Crippen molar-refractivity contribution in [3.05, 3.63) is 41.2 Å². The van der Waals surface area contributed by atoms with Crippen molar-refractivity contribution in [2.45, 2.75) is 6.54 Å². The lowest BCUT2D eigenvalue weighted by Crippen LogP contribution is -1.84. The molecule has 0 heterocycles. The van der Waals surface area contributed by atoms with E-state index in [1.165, 1.54) is 0 Å². The fourth-order valence-corrected chi connectivity index (χ4v) is 0.862. The normalized spacial score (nSPS) is 7.85. The van der Waals surface area contributed by atoms with E-state index in [4.69, 9.17) is 11.3 Å². The molecule has 0 spiro atoms. The molecule has 0 aliphatic heterocycles. The van der Waals surface area contributed by atoms with E-state index in [1.807, 2.05) is 24.3 Å². The summed E-state index contributed by atoms with van der Waals surface area (Å²) in [7, 11) is 1.62. The van der Waals surface area contributed by atoms with Crippen LogP contribution >= 0.6 is 37.2 Å². The standard InChI is InChI=1S/C9H9NO.I2/c1-10-7-8-4-3-5-9(6-8)11-2;1-2/h3-6H,7H2,2H3;. The van der Waals surface area contributed by atoms with Gasteiger partial charge in [-0.3, -0.25) is 0 Å². The van der Waals surface area contributed by atoms with Gasteiger partial charge in [0.1, 0.15) is 5.75 Å². The fourth-order valence-electron chi connectivity index (χ4n) is 0.862. The van der Waals surface area contributed by atoms with Gasteiger partial charge in [0.15, 0.2) is 0 Å². The van der Waals surface area contributed by atoms with Crippen LogP contribution in [0.15, 0.2) is 24.3 Å². The van der Waals surface area contributed by atoms with E-state index in [0.29, 0.717) is 6.54 Å². The summed E-state index contributed by atoms with van der Waals surface area (Å²) in [6, 6.07) is 7.55. The van der Waals surface area contributed by atoms with Crippen molar-refractivity contribution in [1.29, 1.82) is 0 Å². The van der Waals surface area contributed by atoms with E-state index >= 15 is 0 Å². The van der Waals surface area contributed by atoms with E-state index in [2.05, 4.69) is 42.1 Å². The minimum absolute atomic E-state index is 0.428. The number of nitrogens with zero attached hydrogens (tertiary/aromatic N) is 1. The van der Waals surface area contributed by atoms with Gasteiger partial charge in [-0.1, -0.05) is 12.1 Å². The van der Waals surface area contributed by atoms with Crippen molar-refractivity contribution in [2.24, 2.45) is 0 Å². The van der Waals surface area contributed by atoms with Crippen molar-refractivity contribution in [3.8, 4) is 5.75 Å². The van der Waals surface area contributed by atoms with E-state index in [0.717, 1.165) is 11.3 Å². The first-order valence-electron chi connectivity index (χ1n) is 3.47. The third kappa shape index (κ3) is 5.31. The van der Waals surface area contributed by atoms with Gasteiger partial charge in [0.25, 0.3) is 0 Å². The van der Waals surface area contributed by atoms with Gasteiger partial charge in [0, 0.05) is 42.8 Å². The van der Waals surface area contributed by atoms with Gasteiger partial charge >= 0.3 is 0 Å². The van der Waals surface area contributed by atoms with Crippen LogP contribution in [0.2, 0.25) is 0 Å². The largest absolute Gasteiger partial charge is 0.497 e. The Labute approximate surface area is 102 Å². The Hall–Kier alpha value is -0.0300. The second-order valence-corrected chi connectivity index (χ2v) is 2.17. The van der Waals surface area contributed by atoms with Crippen molar-refractivity contribution >= 4 is 37.2 Å². The molecule has 0 N–H and O–H groups in total. The summed E-state index contributed by atoms with van der Waals surface area (Å²) in [4.78, 5) is 3.28. The highest BCUT2D eigenvalue weighted by atomic mass is 128. The SMILES string of the molecule is II.[C-]#[N+]Cc1cccc(OC)c1. The highest BCUT2D eigenvalue weighted by molar-refractivity contribution is 15.0. The predicted molar refractivity (Wildman–Crippen MR) is 71.3 cm³/mol. The molecule has 1 rings (SSSR count). The van der Waals surface area contributed by atoms with Crippen molar-refractivity contribution in [3.63, 3.8) is 0 Å². The maximum atomic E-state index is 6.65. The van der Waals surface area contributed by atoms with E-state index < -0.39 is 0 Å². The molecule has 2 nitrogen and oxygen atoms in total. The zero-order chi connectivity index (χ0) is 10.1. The van der Waals surface area contributed by atoms with Crippen LogP contribution in [0.4, 0.5) is 0 Å². The molecule has 0 aromatic heterocycles. The third-order valence-electron chi connectivity index (χ3n) is 1.40. The van der Waals surface area contributed by atoms with Gasteiger partial charge in [-0.05, 0) is 12.1 Å². The quantitative estimate of drug-likeness (QED) is 0.542. The van der Waals surface area contributed by atoms with Crippen molar-refractivity contribution in [2.75, 3.05) is 7.11 Å². The summed E-state index contributed by atoms with van der Waals surface area (Å²) in [5.41, 5.74) is 0.999. The molecule has 70 valence electrons. The number of hydrogen-bond donors (Lipinski definition) is 0. The molecule has 0 fully saturated rings. The lowest BCUT2D eigenvalue weighted by Gasteiger charge is -1.98. The number of methoxy groups -OCH3 is 1. The molecule has 1 aromatic carbocycles. The summed E-state index contributed by atoms with van der Waals surface area (Å²) in [5, 5.41) is 0. The van der Waals surface area contributed by atoms with Crippen LogP contribution in [-0.2, 0) is 6.54 Å². The zero-order valence-electron chi connectivity index (χ0n) is 7.13. The molecule has 0 saturated carbocycles. The maximum absolute atomic E-state index is 6.65. The first-order valence-corrected chi connectivity index (χ1v) is 9.76. The highest BCUT2D eigenvalue weighted by Gasteiger charge is 1.95. The molecule has 13 heavy (non-hydrogen) atoms. The van der Waals surface area contributed by atoms with Gasteiger partial charge in [-0.25, -0.2) is 6.57 Å². The van der Waals surface area contributed by atoms with Crippen LogP contribution in [0, 0.1) is 6.57 Å². The second kappa shape index (κ2) is 8.56. The summed E-state index contributed by atoms with van der Waals surface area (Å²) < 4.78 is 5.00. The Morgan fingerprint density at radius 3 is 2.69 bits per heavy atom. The third-order valence-corrected chi connectivity index (χ3v) is 1.40. The Morgan fingerprint density at radius 2 is 2.15 bits per heavy atom. The van der Waals surface area contributed by atoms with Crippen LogP contribution in [0.25, 0.3) is 4.85 Å². The Morgan fingerprint density at radius 1 is 1.46 bits per heavy atom. The Bertz CT molecular complexity index is 283. The monoisotopic (exact) mass is 401 g/mol. The van der Waals surface area contributed by atoms with Gasteiger partial charge in [-0.15, -0.1) is 0 Å². The van der Waals surface area contributed by atoms with Crippen molar-refractivity contribution in [1.82, 2.24) is 0 Å². The average molecular weight is 401 g/mol. The summed E-state index contributed by atoms with van der Waals surface area (Å²) in [5.74, 6) is 0.811. The van der Waals surface area contributed by atoms with Crippen LogP contribution < -0.4 is 4.74 Å². The van der Waals surface area contributed by atoms with Crippen LogP contribution in [0.5, 0.6) is 5.75 Å². The van der Waals surface area contributed by atoms with Gasteiger partial charge in [0.05, 0.1) is 7.11 Å². The molecule has 0 aliphatic rings. The lowest BCUT2D eigenvalue weighted by molar-refractivity contribution is 0.414. The van der Waals surface area contributed by atoms with E-state index in [-0.39, 0.29) is 0 Å². The number of hydrogen-bond acceptors (Lipinski definition) is 1. The number of ether oxygens (including phenoxy) is 1. The minimum atomic E-state index is 0.428. The smallest absolute Gasteiger partial charge is 0.239 e. The molecule has 0 aliphatic carbocycles. The maximum Gasteiger partial charge on any atom is 0.239 e. The summed E-state index contributed by atoms with van der Waals surface area (Å²) in [6.07, 6.45) is 0. The highest BCUT2D eigenvalue weighted by Crippen LogP contribution is 2.12. The molecular weight excluding hydrogens is 392 g/mol. The molecule has 0 radical (unpaired) electrons. The first kappa shape index (κ1) is 13.0. The predicted octanol–water partition coefficient (Wildman–Crippen LogP) is 3.89. The van der Waals surface area contributed by atoms with Crippen LogP contribution in [0.1, 0.15) is 5.56 Å². The van der Waals surface area contributed by atoms with E-state index in [9.17, 15) is 0 Å². The fraction of sp³-hybridized carbons (Fsp3) is 0.222. The topological polar surface area (TPSA) is 13.6 Å². The molecule has 0 amide bonds. The summed E-state index contributed by atoms with van der Waals surface area (Å²) in [6.45, 7) is 7.08. The van der Waals surface area contributed by atoms with Crippen LogP contribution in [-0.4, -0.2) is 7.11 Å².